The second-order valence-electron chi connectivity index (χ2n) is 6.99. The van der Waals surface area contributed by atoms with Crippen LogP contribution in [0.3, 0.4) is 0 Å². The van der Waals surface area contributed by atoms with Crippen molar-refractivity contribution in [3.05, 3.63) is 83.3 Å². The molecule has 6 heteroatoms. The van der Waals surface area contributed by atoms with Crippen molar-refractivity contribution >= 4 is 28.7 Å². The van der Waals surface area contributed by atoms with Gasteiger partial charge in [-0.05, 0) is 49.7 Å². The van der Waals surface area contributed by atoms with E-state index in [9.17, 15) is 4.79 Å². The van der Waals surface area contributed by atoms with Gasteiger partial charge in [0.25, 0.3) is 5.91 Å². The Hall–Kier alpha value is -3.12. The highest BCUT2D eigenvalue weighted by Crippen LogP contribution is 2.31. The lowest BCUT2D eigenvalue weighted by Crippen LogP contribution is -2.25. The zero-order valence-corrected chi connectivity index (χ0v) is 17.5. The molecule has 4 rings (SSSR count). The van der Waals surface area contributed by atoms with E-state index in [0.717, 1.165) is 21.8 Å². The van der Waals surface area contributed by atoms with E-state index in [1.165, 1.54) is 22.9 Å². The number of pyridine rings is 1. The Bertz CT molecular complexity index is 1200. The summed E-state index contributed by atoms with van der Waals surface area (Å²) in [5.41, 5.74) is 4.92. The van der Waals surface area contributed by atoms with Crippen molar-refractivity contribution in [3.8, 4) is 0 Å². The van der Waals surface area contributed by atoms with Gasteiger partial charge in [0.2, 0.25) is 0 Å². The van der Waals surface area contributed by atoms with Gasteiger partial charge in [0.05, 0.1) is 23.1 Å². The average Bonchev–Trinajstić information content (AvgIpc) is 3.04. The molecule has 29 heavy (non-hydrogen) atoms. The number of para-hydroxylation sites is 2. The molecule has 0 radical (unpaired) electrons. The molecule has 1 amide bonds. The Morgan fingerprint density at radius 2 is 1.93 bits per heavy atom. The third-order valence-electron chi connectivity index (χ3n) is 4.84. The van der Waals surface area contributed by atoms with Gasteiger partial charge in [-0.25, -0.2) is 9.97 Å². The molecule has 2 aromatic heterocycles. The minimum atomic E-state index is -0.155. The average molecular weight is 403 g/mol. The van der Waals surface area contributed by atoms with E-state index in [1.54, 1.807) is 12.3 Å². The lowest BCUT2D eigenvalue weighted by atomic mass is 10.2. The molecule has 0 aliphatic heterocycles. The predicted molar refractivity (Wildman–Crippen MR) is 116 cm³/mol. The summed E-state index contributed by atoms with van der Waals surface area (Å²) in [5, 5.41) is 3.69. The molecule has 0 atom stereocenters. The first-order valence-electron chi connectivity index (χ1n) is 9.41. The summed E-state index contributed by atoms with van der Waals surface area (Å²) >= 11 is 1.51. The number of aryl methyl sites for hydroxylation is 3. The molecule has 2 aromatic carbocycles. The highest BCUT2D eigenvalue weighted by atomic mass is 32.2. The first kappa shape index (κ1) is 19.2. The Balaban J connectivity index is 1.53. The predicted octanol–water partition coefficient (Wildman–Crippen LogP) is 4.67. The van der Waals surface area contributed by atoms with Gasteiger partial charge >= 0.3 is 0 Å². The summed E-state index contributed by atoms with van der Waals surface area (Å²) in [6.45, 7) is 4.50. The van der Waals surface area contributed by atoms with Gasteiger partial charge in [0.15, 0.2) is 0 Å². The maximum atomic E-state index is 12.9. The number of rotatable bonds is 5. The van der Waals surface area contributed by atoms with Crippen LogP contribution in [-0.4, -0.2) is 20.4 Å². The van der Waals surface area contributed by atoms with Crippen molar-refractivity contribution in [2.24, 2.45) is 7.05 Å². The number of imidazole rings is 1. The SMILES string of the molecule is Cc1ccc(Sc2ncccc2C(=O)NCc2nc3ccccc3n2C)c(C)c1. The third kappa shape index (κ3) is 4.03. The van der Waals surface area contributed by atoms with Crippen LogP contribution in [0.25, 0.3) is 11.0 Å². The van der Waals surface area contributed by atoms with Gasteiger partial charge in [0.1, 0.15) is 10.9 Å². The molecule has 0 aliphatic carbocycles. The molecule has 0 spiro atoms. The summed E-state index contributed by atoms with van der Waals surface area (Å²) in [4.78, 5) is 23.1. The van der Waals surface area contributed by atoms with E-state index in [-0.39, 0.29) is 5.91 Å². The molecule has 0 aliphatic rings. The first-order valence-corrected chi connectivity index (χ1v) is 10.2. The minimum Gasteiger partial charge on any atom is -0.345 e. The quantitative estimate of drug-likeness (QED) is 0.527. The Morgan fingerprint density at radius 1 is 1.10 bits per heavy atom. The van der Waals surface area contributed by atoms with Crippen LogP contribution in [0.4, 0.5) is 0 Å². The zero-order valence-electron chi connectivity index (χ0n) is 16.6. The van der Waals surface area contributed by atoms with Crippen LogP contribution in [-0.2, 0) is 13.6 Å². The van der Waals surface area contributed by atoms with Gasteiger partial charge in [0, 0.05) is 18.1 Å². The number of hydrogen-bond donors (Lipinski definition) is 1. The van der Waals surface area contributed by atoms with Crippen LogP contribution in [0.15, 0.2) is 70.7 Å². The fourth-order valence-corrected chi connectivity index (χ4v) is 4.22. The second-order valence-corrected chi connectivity index (χ2v) is 8.02. The van der Waals surface area contributed by atoms with Crippen molar-refractivity contribution in [2.45, 2.75) is 30.3 Å². The molecule has 0 bridgehead atoms. The molecule has 0 saturated heterocycles. The molecule has 2 heterocycles. The number of carbonyl (C=O) groups is 1. The van der Waals surface area contributed by atoms with Crippen molar-refractivity contribution in [2.75, 3.05) is 0 Å². The fourth-order valence-electron chi connectivity index (χ4n) is 3.27. The van der Waals surface area contributed by atoms with Crippen LogP contribution >= 0.6 is 11.8 Å². The normalized spacial score (nSPS) is 11.0. The van der Waals surface area contributed by atoms with Gasteiger partial charge in [-0.3, -0.25) is 4.79 Å². The van der Waals surface area contributed by atoms with Gasteiger partial charge in [-0.15, -0.1) is 0 Å². The van der Waals surface area contributed by atoms with Gasteiger partial charge in [-0.2, -0.15) is 0 Å². The molecule has 1 N–H and O–H groups in total. The van der Waals surface area contributed by atoms with Gasteiger partial charge < -0.3 is 9.88 Å². The fraction of sp³-hybridized carbons (Fsp3) is 0.174. The zero-order chi connectivity index (χ0) is 20.4. The summed E-state index contributed by atoms with van der Waals surface area (Å²) < 4.78 is 2.00. The topological polar surface area (TPSA) is 59.8 Å². The smallest absolute Gasteiger partial charge is 0.254 e. The van der Waals surface area contributed by atoms with E-state index in [4.69, 9.17) is 0 Å². The summed E-state index contributed by atoms with van der Waals surface area (Å²) in [6, 6.07) is 17.8. The largest absolute Gasteiger partial charge is 0.345 e. The van der Waals surface area contributed by atoms with E-state index < -0.39 is 0 Å². The number of benzene rings is 2. The third-order valence-corrected chi connectivity index (χ3v) is 6.04. The van der Waals surface area contributed by atoms with Crippen molar-refractivity contribution in [1.82, 2.24) is 19.9 Å². The lowest BCUT2D eigenvalue weighted by molar-refractivity contribution is 0.0946. The van der Waals surface area contributed by atoms with Crippen LogP contribution in [0.5, 0.6) is 0 Å². The maximum Gasteiger partial charge on any atom is 0.254 e. The summed E-state index contributed by atoms with van der Waals surface area (Å²) in [7, 11) is 1.96. The van der Waals surface area contributed by atoms with Crippen LogP contribution in [0, 0.1) is 13.8 Å². The number of aromatic nitrogens is 3. The highest BCUT2D eigenvalue weighted by Gasteiger charge is 2.15. The lowest BCUT2D eigenvalue weighted by Gasteiger charge is -2.11. The van der Waals surface area contributed by atoms with E-state index >= 15 is 0 Å². The van der Waals surface area contributed by atoms with Crippen LogP contribution < -0.4 is 5.32 Å². The number of nitrogens with one attached hydrogen (secondary N) is 1. The number of carbonyl (C=O) groups excluding carboxylic acids is 1. The minimum absolute atomic E-state index is 0.155. The Kier molecular flexibility index (Phi) is 5.36. The number of nitrogens with zero attached hydrogens (tertiary/aromatic N) is 3. The van der Waals surface area contributed by atoms with E-state index in [0.29, 0.717) is 17.1 Å². The van der Waals surface area contributed by atoms with Crippen LogP contribution in [0.2, 0.25) is 0 Å². The maximum absolute atomic E-state index is 12.9. The highest BCUT2D eigenvalue weighted by molar-refractivity contribution is 7.99. The number of fused-ring (bicyclic) bond motifs is 1. The number of amides is 1. The summed E-state index contributed by atoms with van der Waals surface area (Å²) in [6.07, 6.45) is 1.72. The Morgan fingerprint density at radius 3 is 2.72 bits per heavy atom. The Labute approximate surface area is 174 Å². The van der Waals surface area contributed by atoms with E-state index in [1.807, 2.05) is 41.9 Å². The van der Waals surface area contributed by atoms with E-state index in [2.05, 4.69) is 47.3 Å². The van der Waals surface area contributed by atoms with Crippen LogP contribution in [0.1, 0.15) is 27.3 Å². The monoisotopic (exact) mass is 402 g/mol. The standard InChI is InChI=1S/C23H22N4OS/c1-15-10-11-20(16(2)13-15)29-23-17(7-6-12-24-23)22(28)25-14-21-26-18-8-4-5-9-19(18)27(21)3/h4-13H,14H2,1-3H3,(H,25,28). The molecule has 4 aromatic rings. The summed E-state index contributed by atoms with van der Waals surface area (Å²) in [5.74, 6) is 0.657. The van der Waals surface area contributed by atoms with Gasteiger partial charge in [-0.1, -0.05) is 41.6 Å². The molecule has 0 saturated carbocycles. The molecule has 0 unspecified atom stereocenters. The van der Waals surface area contributed by atoms with Crippen molar-refractivity contribution in [3.63, 3.8) is 0 Å². The second kappa shape index (κ2) is 8.09. The van der Waals surface area contributed by atoms with Crippen molar-refractivity contribution in [1.29, 1.82) is 0 Å². The molecular weight excluding hydrogens is 380 g/mol. The number of hydrogen-bond acceptors (Lipinski definition) is 4. The molecule has 146 valence electrons. The van der Waals surface area contributed by atoms with Crippen molar-refractivity contribution < 1.29 is 4.79 Å². The molecule has 0 fully saturated rings. The molecule has 5 nitrogen and oxygen atoms in total. The molecular formula is C23H22N4OS. The first-order chi connectivity index (χ1) is 14.0.